The fourth-order valence-electron chi connectivity index (χ4n) is 2.46. The van der Waals surface area contributed by atoms with Gasteiger partial charge in [-0.25, -0.2) is 4.98 Å². The second-order valence-corrected chi connectivity index (χ2v) is 6.03. The fourth-order valence-corrected chi connectivity index (χ4v) is 2.63. The van der Waals surface area contributed by atoms with Crippen LogP contribution in [0.5, 0.6) is 0 Å². The van der Waals surface area contributed by atoms with E-state index in [0.29, 0.717) is 41.3 Å². The van der Waals surface area contributed by atoms with E-state index in [0.717, 1.165) is 19.3 Å². The van der Waals surface area contributed by atoms with Crippen molar-refractivity contribution in [3.8, 4) is 0 Å². The highest BCUT2D eigenvalue weighted by molar-refractivity contribution is 6.31. The SMILES string of the molecule is CCCCC(=O)N(CCC)Cc1nc2cc(Cl)ccc2c(=O)[nH]1. The van der Waals surface area contributed by atoms with Gasteiger partial charge in [-0.1, -0.05) is 31.9 Å². The Morgan fingerprint density at radius 3 is 2.78 bits per heavy atom. The summed E-state index contributed by atoms with van der Waals surface area (Å²) in [7, 11) is 0. The van der Waals surface area contributed by atoms with Crippen LogP contribution in [-0.2, 0) is 11.3 Å². The Bertz CT molecular complexity index is 742. The molecule has 1 aromatic heterocycles. The van der Waals surface area contributed by atoms with Crippen molar-refractivity contribution in [3.05, 3.63) is 39.4 Å². The zero-order chi connectivity index (χ0) is 16.8. The molecule has 2 aromatic rings. The van der Waals surface area contributed by atoms with E-state index in [1.807, 2.05) is 6.92 Å². The van der Waals surface area contributed by atoms with E-state index in [1.54, 1.807) is 23.1 Å². The summed E-state index contributed by atoms with van der Waals surface area (Å²) in [5.74, 6) is 0.589. The molecule has 2 rings (SSSR count). The lowest BCUT2D eigenvalue weighted by Crippen LogP contribution is -2.32. The molecule has 0 fully saturated rings. The highest BCUT2D eigenvalue weighted by atomic mass is 35.5. The molecule has 0 saturated heterocycles. The van der Waals surface area contributed by atoms with Crippen molar-refractivity contribution in [2.75, 3.05) is 6.54 Å². The van der Waals surface area contributed by atoms with Gasteiger partial charge in [0.25, 0.3) is 5.56 Å². The molecule has 1 heterocycles. The minimum atomic E-state index is -0.209. The van der Waals surface area contributed by atoms with Gasteiger partial charge >= 0.3 is 0 Å². The van der Waals surface area contributed by atoms with E-state index in [2.05, 4.69) is 16.9 Å². The number of carbonyl (C=O) groups excluding carboxylic acids is 1. The second kappa shape index (κ2) is 8.11. The van der Waals surface area contributed by atoms with Crippen molar-refractivity contribution in [1.29, 1.82) is 0 Å². The number of fused-ring (bicyclic) bond motifs is 1. The normalized spacial score (nSPS) is 10.9. The number of amides is 1. The van der Waals surface area contributed by atoms with E-state index in [1.165, 1.54) is 0 Å². The fraction of sp³-hybridized carbons (Fsp3) is 0.471. The van der Waals surface area contributed by atoms with Gasteiger partial charge in [0.05, 0.1) is 17.4 Å². The first-order valence-corrected chi connectivity index (χ1v) is 8.39. The average molecular weight is 336 g/mol. The Labute approximate surface area is 140 Å². The van der Waals surface area contributed by atoms with Crippen LogP contribution in [0.2, 0.25) is 5.02 Å². The van der Waals surface area contributed by atoms with E-state index in [4.69, 9.17) is 11.6 Å². The number of aromatic nitrogens is 2. The molecule has 0 unspecified atom stereocenters. The van der Waals surface area contributed by atoms with Crippen molar-refractivity contribution in [3.63, 3.8) is 0 Å². The molecule has 1 amide bonds. The number of unbranched alkanes of at least 4 members (excludes halogenated alkanes) is 1. The van der Waals surface area contributed by atoms with E-state index in [-0.39, 0.29) is 11.5 Å². The van der Waals surface area contributed by atoms with Gasteiger partial charge in [0.2, 0.25) is 5.91 Å². The average Bonchev–Trinajstić information content (AvgIpc) is 2.51. The molecule has 0 radical (unpaired) electrons. The van der Waals surface area contributed by atoms with Crippen LogP contribution in [0, 0.1) is 0 Å². The molecule has 124 valence electrons. The molecule has 0 aliphatic carbocycles. The molecule has 0 aliphatic rings. The summed E-state index contributed by atoms with van der Waals surface area (Å²) in [5.41, 5.74) is 0.341. The van der Waals surface area contributed by atoms with Crippen molar-refractivity contribution >= 4 is 28.4 Å². The quantitative estimate of drug-likeness (QED) is 0.842. The molecule has 1 N–H and O–H groups in total. The summed E-state index contributed by atoms with van der Waals surface area (Å²) in [6.07, 6.45) is 3.24. The number of hydrogen-bond acceptors (Lipinski definition) is 3. The summed E-state index contributed by atoms with van der Waals surface area (Å²) in [5, 5.41) is 1.03. The Morgan fingerprint density at radius 1 is 1.30 bits per heavy atom. The third kappa shape index (κ3) is 4.55. The van der Waals surface area contributed by atoms with Gasteiger partial charge in [-0.05, 0) is 31.0 Å². The highest BCUT2D eigenvalue weighted by Gasteiger charge is 2.14. The lowest BCUT2D eigenvalue weighted by molar-refractivity contribution is -0.132. The maximum atomic E-state index is 12.3. The van der Waals surface area contributed by atoms with Gasteiger partial charge in [0.15, 0.2) is 0 Å². The second-order valence-electron chi connectivity index (χ2n) is 5.59. The molecule has 23 heavy (non-hydrogen) atoms. The minimum Gasteiger partial charge on any atom is -0.335 e. The van der Waals surface area contributed by atoms with E-state index in [9.17, 15) is 9.59 Å². The first kappa shape index (κ1) is 17.5. The topological polar surface area (TPSA) is 66.1 Å². The number of nitrogens with one attached hydrogen (secondary N) is 1. The third-order valence-electron chi connectivity index (χ3n) is 3.65. The predicted molar refractivity (Wildman–Crippen MR) is 92.6 cm³/mol. The first-order chi connectivity index (χ1) is 11.0. The number of halogens is 1. The zero-order valence-corrected chi connectivity index (χ0v) is 14.3. The molecule has 0 saturated carbocycles. The number of rotatable bonds is 7. The van der Waals surface area contributed by atoms with Crippen LogP contribution < -0.4 is 5.56 Å². The molecule has 0 bridgehead atoms. The molecule has 0 aliphatic heterocycles. The van der Waals surface area contributed by atoms with Gasteiger partial charge in [0.1, 0.15) is 5.82 Å². The maximum Gasteiger partial charge on any atom is 0.258 e. The number of H-pyrrole nitrogens is 1. The van der Waals surface area contributed by atoms with Crippen molar-refractivity contribution in [1.82, 2.24) is 14.9 Å². The van der Waals surface area contributed by atoms with Crippen LogP contribution >= 0.6 is 11.6 Å². The molecule has 0 spiro atoms. The standard InChI is InChI=1S/C17H22ClN3O2/c1-3-5-6-16(22)21(9-4-2)11-15-19-14-10-12(18)7-8-13(14)17(23)20-15/h7-8,10H,3-6,9,11H2,1-2H3,(H,19,20,23). The van der Waals surface area contributed by atoms with Gasteiger partial charge in [-0.2, -0.15) is 0 Å². The largest absolute Gasteiger partial charge is 0.335 e. The first-order valence-electron chi connectivity index (χ1n) is 8.01. The number of benzene rings is 1. The summed E-state index contributed by atoms with van der Waals surface area (Å²) < 4.78 is 0. The Balaban J connectivity index is 2.27. The van der Waals surface area contributed by atoms with Gasteiger partial charge in [0, 0.05) is 18.0 Å². The smallest absolute Gasteiger partial charge is 0.258 e. The van der Waals surface area contributed by atoms with Crippen LogP contribution in [0.4, 0.5) is 0 Å². The molecular weight excluding hydrogens is 314 g/mol. The Kier molecular flexibility index (Phi) is 6.16. The molecule has 1 aromatic carbocycles. The monoisotopic (exact) mass is 335 g/mol. The van der Waals surface area contributed by atoms with Gasteiger partial charge in [-0.3, -0.25) is 9.59 Å². The number of nitrogens with zero attached hydrogens (tertiary/aromatic N) is 2. The van der Waals surface area contributed by atoms with Crippen LogP contribution in [0.3, 0.4) is 0 Å². The molecule has 0 atom stereocenters. The van der Waals surface area contributed by atoms with Crippen LogP contribution in [0.15, 0.2) is 23.0 Å². The maximum absolute atomic E-state index is 12.3. The zero-order valence-electron chi connectivity index (χ0n) is 13.6. The number of carbonyl (C=O) groups is 1. The van der Waals surface area contributed by atoms with Crippen molar-refractivity contribution < 1.29 is 4.79 Å². The third-order valence-corrected chi connectivity index (χ3v) is 3.88. The van der Waals surface area contributed by atoms with E-state index < -0.39 is 0 Å². The van der Waals surface area contributed by atoms with E-state index >= 15 is 0 Å². The van der Waals surface area contributed by atoms with Gasteiger partial charge in [-0.15, -0.1) is 0 Å². The van der Waals surface area contributed by atoms with Crippen LogP contribution in [0.1, 0.15) is 45.4 Å². The van der Waals surface area contributed by atoms with Crippen LogP contribution in [-0.4, -0.2) is 27.3 Å². The summed E-state index contributed by atoms with van der Waals surface area (Å²) in [6, 6.07) is 4.99. The molecular formula is C17H22ClN3O2. The summed E-state index contributed by atoms with van der Waals surface area (Å²) >= 11 is 5.97. The lowest BCUT2D eigenvalue weighted by Gasteiger charge is -2.21. The molecule has 5 nitrogen and oxygen atoms in total. The van der Waals surface area contributed by atoms with Crippen molar-refractivity contribution in [2.45, 2.75) is 46.1 Å². The number of aromatic amines is 1. The van der Waals surface area contributed by atoms with Gasteiger partial charge < -0.3 is 9.88 Å². The minimum absolute atomic E-state index is 0.0996. The Morgan fingerprint density at radius 2 is 2.09 bits per heavy atom. The lowest BCUT2D eigenvalue weighted by atomic mass is 10.2. The summed E-state index contributed by atoms with van der Waals surface area (Å²) in [4.78, 5) is 33.4. The van der Waals surface area contributed by atoms with Crippen molar-refractivity contribution in [2.24, 2.45) is 0 Å². The van der Waals surface area contributed by atoms with Crippen LogP contribution in [0.25, 0.3) is 10.9 Å². The highest BCUT2D eigenvalue weighted by Crippen LogP contribution is 2.15. The Hall–Kier alpha value is -1.88. The number of hydrogen-bond donors (Lipinski definition) is 1. The predicted octanol–water partition coefficient (Wildman–Crippen LogP) is 3.51. The molecule has 6 heteroatoms. The summed E-state index contributed by atoms with van der Waals surface area (Å²) in [6.45, 7) is 5.05.